The minimum absolute atomic E-state index is 0. The van der Waals surface area contributed by atoms with E-state index in [9.17, 15) is 5.11 Å². The third-order valence-electron chi connectivity index (χ3n) is 4.77. The molecule has 2 atom stereocenters. The Balaban J connectivity index is 0.00000480. The average molecular weight is 543 g/mol. The smallest absolute Gasteiger partial charge is 0.191 e. The molecule has 0 bridgehead atoms. The molecule has 0 spiro atoms. The van der Waals surface area contributed by atoms with Crippen molar-refractivity contribution in [1.29, 1.82) is 0 Å². The monoisotopic (exact) mass is 543 g/mol. The molecule has 2 rings (SSSR count). The number of hydrogen-bond donors (Lipinski definition) is 3. The molecule has 7 nitrogen and oxygen atoms in total. The maximum absolute atomic E-state index is 10.7. The van der Waals surface area contributed by atoms with Crippen molar-refractivity contribution in [1.82, 2.24) is 10.6 Å². The summed E-state index contributed by atoms with van der Waals surface area (Å²) < 4.78 is 16.1. The predicted molar refractivity (Wildman–Crippen MR) is 135 cm³/mol. The second-order valence-electron chi connectivity index (χ2n) is 6.95. The molecular weight excluding hydrogens is 509 g/mol. The summed E-state index contributed by atoms with van der Waals surface area (Å²) in [4.78, 5) is 4.57. The van der Waals surface area contributed by atoms with Crippen LogP contribution in [-0.2, 0) is 0 Å². The van der Waals surface area contributed by atoms with Crippen molar-refractivity contribution in [2.45, 2.75) is 32.9 Å². The molecule has 0 fully saturated rings. The number of aliphatic hydroxyl groups is 1. The van der Waals surface area contributed by atoms with Gasteiger partial charge >= 0.3 is 0 Å². The van der Waals surface area contributed by atoms with Gasteiger partial charge in [0.25, 0.3) is 0 Å². The van der Waals surface area contributed by atoms with Gasteiger partial charge in [0, 0.05) is 17.7 Å². The molecule has 0 amide bonds. The van der Waals surface area contributed by atoms with E-state index in [1.807, 2.05) is 32.9 Å². The molecule has 0 aromatic heterocycles. The Kier molecular flexibility index (Phi) is 11.5. The molecule has 3 N–H and O–H groups in total. The van der Waals surface area contributed by atoms with Crippen LogP contribution in [0.15, 0.2) is 41.4 Å². The Labute approximate surface area is 202 Å². The van der Waals surface area contributed by atoms with Gasteiger partial charge in [-0.3, -0.25) is 4.99 Å². The fourth-order valence-electron chi connectivity index (χ4n) is 3.17. The van der Waals surface area contributed by atoms with E-state index < -0.39 is 6.10 Å². The van der Waals surface area contributed by atoms with E-state index >= 15 is 0 Å². The summed E-state index contributed by atoms with van der Waals surface area (Å²) in [5.41, 5.74) is 2.82. The number of rotatable bonds is 9. The van der Waals surface area contributed by atoms with E-state index in [1.165, 1.54) is 0 Å². The first kappa shape index (κ1) is 26.8. The van der Waals surface area contributed by atoms with Crippen LogP contribution >= 0.6 is 24.0 Å². The van der Waals surface area contributed by atoms with Crippen LogP contribution in [0.25, 0.3) is 0 Å². The van der Waals surface area contributed by atoms with Crippen LogP contribution in [0.3, 0.4) is 0 Å². The molecule has 31 heavy (non-hydrogen) atoms. The average Bonchev–Trinajstić information content (AvgIpc) is 2.76. The molecule has 0 saturated carbocycles. The van der Waals surface area contributed by atoms with Gasteiger partial charge in [0.15, 0.2) is 5.96 Å². The zero-order chi connectivity index (χ0) is 22.1. The first-order valence-corrected chi connectivity index (χ1v) is 10.0. The summed E-state index contributed by atoms with van der Waals surface area (Å²) in [6.07, 6.45) is -0.839. The molecule has 0 aliphatic heterocycles. The van der Waals surface area contributed by atoms with Crippen molar-refractivity contribution < 1.29 is 19.3 Å². The summed E-state index contributed by atoms with van der Waals surface area (Å²) >= 11 is 0. The van der Waals surface area contributed by atoms with Gasteiger partial charge in [-0.2, -0.15) is 0 Å². The van der Waals surface area contributed by atoms with Crippen LogP contribution in [0.5, 0.6) is 17.2 Å². The topological polar surface area (TPSA) is 84.3 Å². The predicted octanol–water partition coefficient (Wildman–Crippen LogP) is 3.99. The second-order valence-corrected chi connectivity index (χ2v) is 6.95. The molecule has 0 radical (unpaired) electrons. The molecule has 2 unspecified atom stereocenters. The number of aliphatic hydroxyl groups excluding tert-OH is 1. The highest BCUT2D eigenvalue weighted by Crippen LogP contribution is 2.30. The third kappa shape index (κ3) is 7.46. The number of benzene rings is 2. The number of methoxy groups -OCH3 is 3. The summed E-state index contributed by atoms with van der Waals surface area (Å²) in [7, 11) is 4.83. The maximum atomic E-state index is 10.7. The SMILES string of the molecule is CCNC(=NCC(O)c1cc(OC)ccc1OC)NC(C)c1cc(C)ccc1OC.I. The minimum Gasteiger partial charge on any atom is -0.497 e. The molecule has 8 heteroatoms. The van der Waals surface area contributed by atoms with Gasteiger partial charge in [0.05, 0.1) is 33.9 Å². The number of aryl methyl sites for hydroxylation is 1. The highest BCUT2D eigenvalue weighted by Gasteiger charge is 2.16. The number of guanidine groups is 1. The van der Waals surface area contributed by atoms with Crippen LogP contribution in [-0.4, -0.2) is 45.5 Å². The lowest BCUT2D eigenvalue weighted by atomic mass is 10.0. The van der Waals surface area contributed by atoms with E-state index in [0.717, 1.165) is 16.9 Å². The quantitative estimate of drug-likeness (QED) is 0.252. The van der Waals surface area contributed by atoms with E-state index in [2.05, 4.69) is 21.7 Å². The molecular formula is C23H34IN3O4. The number of halogens is 1. The van der Waals surface area contributed by atoms with Crippen molar-refractivity contribution >= 4 is 29.9 Å². The Morgan fingerprint density at radius 1 is 1.00 bits per heavy atom. The van der Waals surface area contributed by atoms with E-state index in [-0.39, 0.29) is 36.6 Å². The van der Waals surface area contributed by atoms with E-state index in [1.54, 1.807) is 39.5 Å². The highest BCUT2D eigenvalue weighted by atomic mass is 127. The van der Waals surface area contributed by atoms with Crippen LogP contribution in [0.1, 0.15) is 42.7 Å². The summed E-state index contributed by atoms with van der Waals surface area (Å²) in [6, 6.07) is 11.4. The van der Waals surface area contributed by atoms with Gasteiger partial charge in [-0.05, 0) is 45.0 Å². The largest absolute Gasteiger partial charge is 0.497 e. The molecule has 0 aliphatic rings. The maximum Gasteiger partial charge on any atom is 0.191 e. The molecule has 0 aliphatic carbocycles. The Morgan fingerprint density at radius 3 is 2.26 bits per heavy atom. The molecule has 0 heterocycles. The van der Waals surface area contributed by atoms with Gasteiger partial charge in [0.1, 0.15) is 23.4 Å². The fraction of sp³-hybridized carbons (Fsp3) is 0.435. The first-order chi connectivity index (χ1) is 14.4. The van der Waals surface area contributed by atoms with Crippen LogP contribution < -0.4 is 24.8 Å². The van der Waals surface area contributed by atoms with Gasteiger partial charge < -0.3 is 30.0 Å². The molecule has 2 aromatic rings. The number of hydrogen-bond acceptors (Lipinski definition) is 5. The van der Waals surface area contributed by atoms with Crippen molar-refractivity contribution in [3.8, 4) is 17.2 Å². The Morgan fingerprint density at radius 2 is 1.65 bits per heavy atom. The standard InChI is InChI=1S/C23H33N3O4.HI/c1-7-24-23(26-16(3)18-12-15(2)8-10-21(18)29-5)25-14-20(27)19-13-17(28-4)9-11-22(19)30-6;/h8-13,16,20,27H,7,14H2,1-6H3,(H2,24,25,26);1H. The highest BCUT2D eigenvalue weighted by molar-refractivity contribution is 14.0. The Hall–Kier alpha value is -2.20. The lowest BCUT2D eigenvalue weighted by Crippen LogP contribution is -2.39. The lowest BCUT2D eigenvalue weighted by molar-refractivity contribution is 0.182. The van der Waals surface area contributed by atoms with Crippen molar-refractivity contribution in [2.24, 2.45) is 4.99 Å². The number of ether oxygens (including phenoxy) is 3. The number of aliphatic imine (C=N–C) groups is 1. The fourth-order valence-corrected chi connectivity index (χ4v) is 3.17. The van der Waals surface area contributed by atoms with Crippen LogP contribution in [0.4, 0.5) is 0 Å². The number of nitrogens with one attached hydrogen (secondary N) is 2. The number of nitrogens with zero attached hydrogens (tertiary/aromatic N) is 1. The van der Waals surface area contributed by atoms with Gasteiger partial charge in [-0.25, -0.2) is 0 Å². The van der Waals surface area contributed by atoms with Gasteiger partial charge in [-0.15, -0.1) is 24.0 Å². The second kappa shape index (κ2) is 13.3. The van der Waals surface area contributed by atoms with E-state index in [4.69, 9.17) is 14.2 Å². The van der Waals surface area contributed by atoms with Crippen molar-refractivity contribution in [3.63, 3.8) is 0 Å². The van der Waals surface area contributed by atoms with Crippen molar-refractivity contribution in [3.05, 3.63) is 53.1 Å². The Bertz CT molecular complexity index is 861. The first-order valence-electron chi connectivity index (χ1n) is 10.0. The summed E-state index contributed by atoms with van der Waals surface area (Å²) in [5, 5.41) is 17.3. The lowest BCUT2D eigenvalue weighted by Gasteiger charge is -2.21. The normalized spacial score (nSPS) is 12.9. The zero-order valence-corrected chi connectivity index (χ0v) is 21.4. The molecule has 0 saturated heterocycles. The summed E-state index contributed by atoms with van der Waals surface area (Å²) in [5.74, 6) is 2.67. The third-order valence-corrected chi connectivity index (χ3v) is 4.77. The van der Waals surface area contributed by atoms with Gasteiger partial charge in [0.2, 0.25) is 0 Å². The van der Waals surface area contributed by atoms with Crippen LogP contribution in [0.2, 0.25) is 0 Å². The zero-order valence-electron chi connectivity index (χ0n) is 19.1. The minimum atomic E-state index is -0.839. The van der Waals surface area contributed by atoms with Gasteiger partial charge in [-0.1, -0.05) is 17.7 Å². The van der Waals surface area contributed by atoms with Crippen LogP contribution in [0, 0.1) is 6.92 Å². The van der Waals surface area contributed by atoms with Crippen molar-refractivity contribution in [2.75, 3.05) is 34.4 Å². The molecule has 2 aromatic carbocycles. The summed E-state index contributed by atoms with van der Waals surface area (Å²) in [6.45, 7) is 6.95. The van der Waals surface area contributed by atoms with E-state index in [0.29, 0.717) is 29.6 Å². The molecule has 172 valence electrons.